The van der Waals surface area contributed by atoms with E-state index >= 15 is 0 Å². The third-order valence-corrected chi connectivity index (χ3v) is 12.8. The quantitative estimate of drug-likeness (QED) is 0.433. The van der Waals surface area contributed by atoms with Crippen LogP contribution in [0.4, 0.5) is 0 Å². The fourth-order valence-corrected chi connectivity index (χ4v) is 10.5. The van der Waals surface area contributed by atoms with Gasteiger partial charge < -0.3 is 9.84 Å². The third-order valence-electron chi connectivity index (χ3n) is 12.8. The second-order valence-corrected chi connectivity index (χ2v) is 14.7. The zero-order valence-corrected chi connectivity index (χ0v) is 24.4. The molecule has 4 nitrogen and oxygen atoms in total. The van der Waals surface area contributed by atoms with E-state index < -0.39 is 0 Å². The summed E-state index contributed by atoms with van der Waals surface area (Å²) in [5.74, 6) is 2.76. The summed E-state index contributed by atoms with van der Waals surface area (Å²) in [4.78, 5) is 16.3. The van der Waals surface area contributed by atoms with Crippen molar-refractivity contribution in [1.29, 1.82) is 0 Å². The maximum atomic E-state index is 13.8. The Morgan fingerprint density at radius 3 is 2.27 bits per heavy atom. The minimum Gasteiger partial charge on any atom is -0.457 e. The number of ether oxygens (including phenoxy) is 1. The first-order valence-corrected chi connectivity index (χ1v) is 16.0. The van der Waals surface area contributed by atoms with Crippen LogP contribution in [-0.4, -0.2) is 40.3 Å². The lowest BCUT2D eigenvalue weighted by Gasteiger charge is -2.63. The lowest BCUT2D eigenvalue weighted by atomic mass is 9.44. The molecule has 1 heterocycles. The van der Waals surface area contributed by atoms with E-state index in [0.717, 1.165) is 50.6 Å². The second kappa shape index (κ2) is 9.98. The van der Waals surface area contributed by atoms with Gasteiger partial charge in [0.2, 0.25) is 0 Å². The van der Waals surface area contributed by atoms with Crippen LogP contribution < -0.4 is 0 Å². The highest BCUT2D eigenvalue weighted by Crippen LogP contribution is 2.67. The van der Waals surface area contributed by atoms with Crippen molar-refractivity contribution in [3.05, 3.63) is 71.8 Å². The van der Waals surface area contributed by atoms with E-state index in [0.29, 0.717) is 23.7 Å². The summed E-state index contributed by atoms with van der Waals surface area (Å²) in [7, 11) is 0. The second-order valence-electron chi connectivity index (χ2n) is 14.7. The van der Waals surface area contributed by atoms with E-state index in [-0.39, 0.29) is 29.1 Å². The Morgan fingerprint density at radius 2 is 1.52 bits per heavy atom. The summed E-state index contributed by atoms with van der Waals surface area (Å²) in [6.07, 6.45) is 10.9. The number of aliphatic hydroxyl groups is 1. The highest BCUT2D eigenvalue weighted by Gasteiger charge is 2.62. The van der Waals surface area contributed by atoms with Crippen LogP contribution >= 0.6 is 0 Å². The average Bonchev–Trinajstić information content (AvgIpc) is 3.26. The molecular weight excluding hydrogens is 494 g/mol. The molecule has 214 valence electrons. The standard InChI is InChI=1S/C36H47NO3/c1-34-19-20-36(22-27(34)13-14-28-29-15-16-32(38)35(29,2)18-17-30(28)34)24-37(23-26-11-7-4-8-12-26)31(33(39)40-36)21-25-9-5-3-6-10-25/h3-12,27-32,38H,13-24H2,1-2H3. The Hall–Kier alpha value is -2.17. The zero-order valence-electron chi connectivity index (χ0n) is 24.4. The predicted octanol–water partition coefficient (Wildman–Crippen LogP) is 6.80. The summed E-state index contributed by atoms with van der Waals surface area (Å²) in [6, 6.07) is 20.8. The number of carbonyl (C=O) groups excluding carboxylic acids is 1. The molecule has 5 fully saturated rings. The van der Waals surface area contributed by atoms with E-state index in [4.69, 9.17) is 4.74 Å². The van der Waals surface area contributed by atoms with Crippen LogP contribution in [0.2, 0.25) is 0 Å². The van der Waals surface area contributed by atoms with Crippen LogP contribution in [0, 0.1) is 34.5 Å². The Kier molecular flexibility index (Phi) is 6.66. The van der Waals surface area contributed by atoms with Crippen molar-refractivity contribution in [1.82, 2.24) is 4.90 Å². The molecule has 4 heteroatoms. The highest BCUT2D eigenvalue weighted by atomic mass is 16.6. The molecule has 5 aliphatic rings. The number of fused-ring (bicyclic) bond motifs is 5. The maximum absolute atomic E-state index is 13.8. The van der Waals surface area contributed by atoms with Crippen LogP contribution in [0.25, 0.3) is 0 Å². The molecule has 2 aromatic carbocycles. The Balaban J connectivity index is 1.12. The van der Waals surface area contributed by atoms with Gasteiger partial charge in [0.1, 0.15) is 11.6 Å². The van der Waals surface area contributed by atoms with E-state index in [1.54, 1.807) is 0 Å². The van der Waals surface area contributed by atoms with Crippen molar-refractivity contribution in [3.8, 4) is 0 Å². The van der Waals surface area contributed by atoms with Crippen molar-refractivity contribution in [2.45, 2.75) is 102 Å². The molecule has 1 saturated heterocycles. The van der Waals surface area contributed by atoms with Gasteiger partial charge in [0.15, 0.2) is 0 Å². The Morgan fingerprint density at radius 1 is 0.825 bits per heavy atom. The van der Waals surface area contributed by atoms with Crippen LogP contribution in [0.3, 0.4) is 0 Å². The molecule has 40 heavy (non-hydrogen) atoms. The third kappa shape index (κ3) is 4.36. The fourth-order valence-electron chi connectivity index (χ4n) is 10.5. The fraction of sp³-hybridized carbons (Fsp3) is 0.639. The Bertz CT molecular complexity index is 1220. The van der Waals surface area contributed by atoms with Crippen LogP contribution in [0.1, 0.15) is 82.8 Å². The van der Waals surface area contributed by atoms with E-state index in [9.17, 15) is 9.90 Å². The normalized spacial score (nSPS) is 43.0. The molecule has 1 aliphatic heterocycles. The predicted molar refractivity (Wildman–Crippen MR) is 157 cm³/mol. The van der Waals surface area contributed by atoms with Gasteiger partial charge in [-0.05, 0) is 110 Å². The van der Waals surface area contributed by atoms with Gasteiger partial charge in [-0.2, -0.15) is 0 Å². The van der Waals surface area contributed by atoms with Crippen molar-refractivity contribution in [2.24, 2.45) is 34.5 Å². The molecule has 1 spiro atoms. The molecule has 7 rings (SSSR count). The minimum atomic E-state index is -0.372. The summed E-state index contributed by atoms with van der Waals surface area (Å²) in [6.45, 7) is 6.58. The summed E-state index contributed by atoms with van der Waals surface area (Å²) in [5.41, 5.74) is 2.53. The molecule has 0 bridgehead atoms. The molecule has 9 unspecified atom stereocenters. The number of hydrogen-bond acceptors (Lipinski definition) is 4. The molecular formula is C36H47NO3. The number of nitrogens with zero attached hydrogens (tertiary/aromatic N) is 1. The van der Waals surface area contributed by atoms with Gasteiger partial charge in [0.25, 0.3) is 0 Å². The first-order chi connectivity index (χ1) is 19.3. The van der Waals surface area contributed by atoms with E-state index in [1.807, 2.05) is 6.07 Å². The number of aliphatic hydroxyl groups excluding tert-OH is 1. The molecule has 1 N–H and O–H groups in total. The number of benzene rings is 2. The monoisotopic (exact) mass is 541 g/mol. The van der Waals surface area contributed by atoms with Crippen molar-refractivity contribution >= 4 is 5.97 Å². The molecule has 0 amide bonds. The first kappa shape index (κ1) is 26.7. The van der Waals surface area contributed by atoms with Gasteiger partial charge in [0, 0.05) is 13.1 Å². The SMILES string of the molecule is CC12CCC3C(CCC4CC5(CCC43C)CN(Cc3ccccc3)C(Cc3ccccc3)C(=O)O5)C1CCC2O. The van der Waals surface area contributed by atoms with Gasteiger partial charge in [-0.1, -0.05) is 74.5 Å². The zero-order chi connectivity index (χ0) is 27.5. The molecule has 9 atom stereocenters. The van der Waals surface area contributed by atoms with Crippen LogP contribution in [0.5, 0.6) is 0 Å². The van der Waals surface area contributed by atoms with Gasteiger partial charge in [-0.25, -0.2) is 0 Å². The van der Waals surface area contributed by atoms with Gasteiger partial charge in [0.05, 0.1) is 6.10 Å². The van der Waals surface area contributed by atoms with Crippen LogP contribution in [-0.2, 0) is 22.5 Å². The number of carbonyl (C=O) groups is 1. The van der Waals surface area contributed by atoms with E-state index in [2.05, 4.69) is 73.3 Å². The van der Waals surface area contributed by atoms with Gasteiger partial charge >= 0.3 is 5.97 Å². The largest absolute Gasteiger partial charge is 0.457 e. The number of hydrogen-bond donors (Lipinski definition) is 1. The summed E-state index contributed by atoms with van der Waals surface area (Å²) >= 11 is 0. The molecule has 4 saturated carbocycles. The van der Waals surface area contributed by atoms with Gasteiger partial charge in [-0.3, -0.25) is 9.69 Å². The highest BCUT2D eigenvalue weighted by molar-refractivity contribution is 5.77. The van der Waals surface area contributed by atoms with E-state index in [1.165, 1.54) is 43.2 Å². The molecule has 4 aliphatic carbocycles. The number of rotatable bonds is 4. The minimum absolute atomic E-state index is 0.0308. The van der Waals surface area contributed by atoms with Crippen molar-refractivity contribution in [2.75, 3.05) is 6.54 Å². The first-order valence-electron chi connectivity index (χ1n) is 16.0. The summed E-state index contributed by atoms with van der Waals surface area (Å²) < 4.78 is 6.58. The van der Waals surface area contributed by atoms with Crippen LogP contribution in [0.15, 0.2) is 60.7 Å². The lowest BCUT2D eigenvalue weighted by molar-refractivity contribution is -0.209. The average molecular weight is 542 g/mol. The van der Waals surface area contributed by atoms with Crippen molar-refractivity contribution < 1.29 is 14.6 Å². The molecule has 2 aromatic rings. The topological polar surface area (TPSA) is 49.8 Å². The smallest absolute Gasteiger partial charge is 0.324 e. The van der Waals surface area contributed by atoms with Gasteiger partial charge in [-0.15, -0.1) is 0 Å². The lowest BCUT2D eigenvalue weighted by Crippen LogP contribution is -2.64. The summed E-state index contributed by atoms with van der Waals surface area (Å²) in [5, 5.41) is 10.9. The molecule has 0 radical (unpaired) electrons. The Labute approximate surface area is 240 Å². The molecule has 0 aromatic heterocycles. The maximum Gasteiger partial charge on any atom is 0.324 e. The van der Waals surface area contributed by atoms with Crippen molar-refractivity contribution in [3.63, 3.8) is 0 Å². The number of morpholine rings is 1. The number of esters is 1.